The van der Waals surface area contributed by atoms with Crippen LogP contribution in [0.1, 0.15) is 16.7 Å². The standard InChI is InChI=1S/C15H12BrClN2/c1-10-3-2-4-15(13(10)8-18)19-9-11-5-6-12(16)7-14(11)17/h2-7,19H,9H2,1H3. The summed E-state index contributed by atoms with van der Waals surface area (Å²) in [5.74, 6) is 0. The van der Waals surface area contributed by atoms with Crippen LogP contribution in [0.2, 0.25) is 5.02 Å². The summed E-state index contributed by atoms with van der Waals surface area (Å²) in [6.45, 7) is 2.51. The molecule has 0 radical (unpaired) electrons. The SMILES string of the molecule is Cc1cccc(NCc2ccc(Br)cc2Cl)c1C#N. The third kappa shape index (κ3) is 3.28. The number of nitrogens with zero attached hydrogens (tertiary/aromatic N) is 1. The zero-order chi connectivity index (χ0) is 13.8. The minimum absolute atomic E-state index is 0.588. The summed E-state index contributed by atoms with van der Waals surface area (Å²) in [6.07, 6.45) is 0. The average Bonchev–Trinajstić information content (AvgIpc) is 2.38. The van der Waals surface area contributed by atoms with Crippen molar-refractivity contribution in [2.45, 2.75) is 13.5 Å². The molecular weight excluding hydrogens is 324 g/mol. The Labute approximate surface area is 126 Å². The molecule has 0 heterocycles. The summed E-state index contributed by atoms with van der Waals surface area (Å²) in [5, 5.41) is 13.1. The van der Waals surface area contributed by atoms with Gasteiger partial charge in [-0.2, -0.15) is 5.26 Å². The molecule has 2 nitrogen and oxygen atoms in total. The van der Waals surface area contributed by atoms with Crippen LogP contribution in [0.25, 0.3) is 0 Å². The highest BCUT2D eigenvalue weighted by Gasteiger charge is 2.06. The zero-order valence-electron chi connectivity index (χ0n) is 10.4. The molecule has 96 valence electrons. The van der Waals surface area contributed by atoms with Gasteiger partial charge in [-0.15, -0.1) is 0 Å². The van der Waals surface area contributed by atoms with E-state index in [4.69, 9.17) is 16.9 Å². The smallest absolute Gasteiger partial charge is 0.102 e. The van der Waals surface area contributed by atoms with Crippen LogP contribution in [0.4, 0.5) is 5.69 Å². The fraction of sp³-hybridized carbons (Fsp3) is 0.133. The Balaban J connectivity index is 2.20. The van der Waals surface area contributed by atoms with E-state index in [0.29, 0.717) is 17.1 Å². The molecule has 0 aromatic heterocycles. The number of anilines is 1. The Morgan fingerprint density at radius 1 is 1.32 bits per heavy atom. The number of nitriles is 1. The molecule has 2 rings (SSSR count). The average molecular weight is 336 g/mol. The third-order valence-corrected chi connectivity index (χ3v) is 3.71. The predicted molar refractivity (Wildman–Crippen MR) is 82.4 cm³/mol. The van der Waals surface area contributed by atoms with Gasteiger partial charge in [0.05, 0.1) is 11.3 Å². The number of halogens is 2. The predicted octanol–water partition coefficient (Wildman–Crippen LogP) is 4.89. The first-order chi connectivity index (χ1) is 9.11. The molecule has 2 aromatic carbocycles. The Bertz CT molecular complexity index is 647. The van der Waals surface area contributed by atoms with Gasteiger partial charge < -0.3 is 5.32 Å². The van der Waals surface area contributed by atoms with Crippen LogP contribution in [0.5, 0.6) is 0 Å². The third-order valence-electron chi connectivity index (χ3n) is 2.87. The van der Waals surface area contributed by atoms with Gasteiger partial charge in [-0.25, -0.2) is 0 Å². The summed E-state index contributed by atoms with van der Waals surface area (Å²) in [4.78, 5) is 0. The lowest BCUT2D eigenvalue weighted by atomic mass is 10.1. The topological polar surface area (TPSA) is 35.8 Å². The highest BCUT2D eigenvalue weighted by molar-refractivity contribution is 9.10. The maximum atomic E-state index is 9.17. The Kier molecular flexibility index (Phi) is 4.47. The number of hydrogen-bond acceptors (Lipinski definition) is 2. The van der Waals surface area contributed by atoms with Gasteiger partial charge in [0.25, 0.3) is 0 Å². The van der Waals surface area contributed by atoms with Gasteiger partial charge >= 0.3 is 0 Å². The Hall–Kier alpha value is -1.50. The molecule has 2 aromatic rings. The van der Waals surface area contributed by atoms with Crippen LogP contribution >= 0.6 is 27.5 Å². The first-order valence-corrected chi connectivity index (χ1v) is 6.96. The van der Waals surface area contributed by atoms with E-state index in [1.165, 1.54) is 0 Å². The minimum atomic E-state index is 0.588. The maximum Gasteiger partial charge on any atom is 0.102 e. The van der Waals surface area contributed by atoms with Gasteiger partial charge in [-0.05, 0) is 36.2 Å². The number of rotatable bonds is 3. The van der Waals surface area contributed by atoms with Crippen LogP contribution < -0.4 is 5.32 Å². The fourth-order valence-corrected chi connectivity index (χ4v) is 2.56. The van der Waals surface area contributed by atoms with E-state index in [1.54, 1.807) is 0 Å². The van der Waals surface area contributed by atoms with E-state index in [2.05, 4.69) is 27.3 Å². The molecule has 0 atom stereocenters. The lowest BCUT2D eigenvalue weighted by Gasteiger charge is -2.11. The molecule has 0 fully saturated rings. The Morgan fingerprint density at radius 3 is 2.79 bits per heavy atom. The number of hydrogen-bond donors (Lipinski definition) is 1. The highest BCUT2D eigenvalue weighted by atomic mass is 79.9. The summed E-state index contributed by atoms with van der Waals surface area (Å²) in [7, 11) is 0. The fourth-order valence-electron chi connectivity index (χ4n) is 1.82. The van der Waals surface area contributed by atoms with E-state index in [9.17, 15) is 0 Å². The van der Waals surface area contributed by atoms with E-state index in [-0.39, 0.29) is 0 Å². The molecule has 4 heteroatoms. The highest BCUT2D eigenvalue weighted by Crippen LogP contribution is 2.24. The Morgan fingerprint density at radius 2 is 2.11 bits per heavy atom. The maximum absolute atomic E-state index is 9.17. The molecule has 0 aliphatic carbocycles. The van der Waals surface area contributed by atoms with Crippen molar-refractivity contribution in [2.75, 3.05) is 5.32 Å². The first kappa shape index (κ1) is 13.9. The number of nitrogens with one attached hydrogen (secondary N) is 1. The van der Waals surface area contributed by atoms with Crippen molar-refractivity contribution >= 4 is 33.2 Å². The van der Waals surface area contributed by atoms with Gasteiger partial charge in [-0.3, -0.25) is 0 Å². The van der Waals surface area contributed by atoms with Crippen molar-refractivity contribution in [3.05, 3.63) is 62.6 Å². The van der Waals surface area contributed by atoms with E-state index in [1.807, 2.05) is 43.3 Å². The summed E-state index contributed by atoms with van der Waals surface area (Å²) < 4.78 is 0.953. The lowest BCUT2D eigenvalue weighted by Crippen LogP contribution is -2.02. The van der Waals surface area contributed by atoms with Crippen molar-refractivity contribution in [3.8, 4) is 6.07 Å². The van der Waals surface area contributed by atoms with Gasteiger partial charge in [0.1, 0.15) is 6.07 Å². The minimum Gasteiger partial charge on any atom is -0.380 e. The lowest BCUT2D eigenvalue weighted by molar-refractivity contribution is 1.14. The molecule has 0 saturated carbocycles. The largest absolute Gasteiger partial charge is 0.380 e. The number of benzene rings is 2. The van der Waals surface area contributed by atoms with E-state index >= 15 is 0 Å². The van der Waals surface area contributed by atoms with E-state index in [0.717, 1.165) is 21.3 Å². The molecule has 0 saturated heterocycles. The molecule has 0 aliphatic rings. The molecule has 0 spiro atoms. The first-order valence-electron chi connectivity index (χ1n) is 5.79. The van der Waals surface area contributed by atoms with Crippen LogP contribution in [-0.2, 0) is 6.54 Å². The molecule has 0 aliphatic heterocycles. The molecule has 0 amide bonds. The second kappa shape index (κ2) is 6.10. The number of aryl methyl sites for hydroxylation is 1. The van der Waals surface area contributed by atoms with Crippen molar-refractivity contribution < 1.29 is 0 Å². The molecule has 1 N–H and O–H groups in total. The zero-order valence-corrected chi connectivity index (χ0v) is 12.7. The van der Waals surface area contributed by atoms with Crippen molar-refractivity contribution in [3.63, 3.8) is 0 Å². The molecule has 0 bridgehead atoms. The van der Waals surface area contributed by atoms with Gasteiger partial charge in [0.2, 0.25) is 0 Å². The second-order valence-corrected chi connectivity index (χ2v) is 5.52. The van der Waals surface area contributed by atoms with Crippen molar-refractivity contribution in [2.24, 2.45) is 0 Å². The quantitative estimate of drug-likeness (QED) is 0.866. The molecule has 0 unspecified atom stereocenters. The van der Waals surface area contributed by atoms with Crippen LogP contribution in [-0.4, -0.2) is 0 Å². The van der Waals surface area contributed by atoms with Crippen LogP contribution in [0.15, 0.2) is 40.9 Å². The molecule has 19 heavy (non-hydrogen) atoms. The van der Waals surface area contributed by atoms with Crippen molar-refractivity contribution in [1.29, 1.82) is 5.26 Å². The second-order valence-electron chi connectivity index (χ2n) is 4.20. The monoisotopic (exact) mass is 334 g/mol. The molecular formula is C15H12BrClN2. The van der Waals surface area contributed by atoms with Gasteiger partial charge in [0.15, 0.2) is 0 Å². The normalized spacial score (nSPS) is 10.0. The van der Waals surface area contributed by atoms with Crippen molar-refractivity contribution in [1.82, 2.24) is 0 Å². The summed E-state index contributed by atoms with van der Waals surface area (Å²) in [6, 6.07) is 13.8. The van der Waals surface area contributed by atoms with Gasteiger partial charge in [-0.1, -0.05) is 45.7 Å². The van der Waals surface area contributed by atoms with E-state index < -0.39 is 0 Å². The summed E-state index contributed by atoms with van der Waals surface area (Å²) in [5.41, 5.74) is 3.47. The van der Waals surface area contributed by atoms with Crippen LogP contribution in [0, 0.1) is 18.3 Å². The van der Waals surface area contributed by atoms with Crippen LogP contribution in [0.3, 0.4) is 0 Å². The van der Waals surface area contributed by atoms with Gasteiger partial charge in [0, 0.05) is 16.0 Å². The summed E-state index contributed by atoms with van der Waals surface area (Å²) >= 11 is 9.54.